The van der Waals surface area contributed by atoms with Crippen LogP contribution < -0.4 is 10.5 Å². The molecule has 162 valence electrons. The molecule has 3 aromatic rings. The van der Waals surface area contributed by atoms with Crippen molar-refractivity contribution in [3.8, 4) is 17.3 Å². The summed E-state index contributed by atoms with van der Waals surface area (Å²) in [6, 6.07) is 0. The van der Waals surface area contributed by atoms with Gasteiger partial charge in [0.25, 0.3) is 0 Å². The van der Waals surface area contributed by atoms with Crippen LogP contribution in [0, 0.1) is 6.92 Å². The zero-order valence-corrected chi connectivity index (χ0v) is 17.8. The third kappa shape index (κ3) is 3.40. The van der Waals surface area contributed by atoms with Crippen LogP contribution in [-0.4, -0.2) is 65.0 Å². The van der Waals surface area contributed by atoms with E-state index in [-0.39, 0.29) is 12.0 Å². The van der Waals surface area contributed by atoms with Crippen LogP contribution in [0.2, 0.25) is 0 Å². The van der Waals surface area contributed by atoms with E-state index in [1.165, 1.54) is 6.33 Å². The number of fused-ring (bicyclic) bond motifs is 1. The Kier molecular flexibility index (Phi) is 4.81. The minimum absolute atomic E-state index is 0.0367. The first-order chi connectivity index (χ1) is 15.0. The van der Waals surface area contributed by atoms with Crippen molar-refractivity contribution in [2.45, 2.75) is 57.7 Å². The molecule has 1 aliphatic carbocycles. The van der Waals surface area contributed by atoms with Gasteiger partial charge in [-0.3, -0.25) is 4.79 Å². The second-order valence-electron chi connectivity index (χ2n) is 8.34. The number of nitrogens with zero attached hydrogens (tertiary/aromatic N) is 7. The highest BCUT2D eigenvalue weighted by Gasteiger charge is 2.44. The van der Waals surface area contributed by atoms with E-state index in [1.54, 1.807) is 12.4 Å². The largest absolute Gasteiger partial charge is 0.471 e. The van der Waals surface area contributed by atoms with Gasteiger partial charge >= 0.3 is 0 Å². The lowest BCUT2D eigenvalue weighted by atomic mass is 9.76. The molecular weight excluding hydrogens is 396 g/mol. The van der Waals surface area contributed by atoms with Crippen LogP contribution in [0.3, 0.4) is 0 Å². The first kappa shape index (κ1) is 19.8. The summed E-state index contributed by atoms with van der Waals surface area (Å²) in [4.78, 5) is 36.7. The lowest BCUT2D eigenvalue weighted by molar-refractivity contribution is -0.139. The van der Waals surface area contributed by atoms with E-state index in [0.29, 0.717) is 42.5 Å². The molecule has 3 aromatic heterocycles. The number of hydrogen-bond acceptors (Lipinski definition) is 8. The number of amides is 1. The molecule has 2 aliphatic rings. The molecule has 0 radical (unpaired) electrons. The van der Waals surface area contributed by atoms with Crippen LogP contribution in [0.1, 0.15) is 38.4 Å². The van der Waals surface area contributed by atoms with Gasteiger partial charge in [0.2, 0.25) is 11.8 Å². The minimum atomic E-state index is -0.679. The topological polar surface area (TPSA) is 125 Å². The van der Waals surface area contributed by atoms with Crippen LogP contribution in [-0.2, 0) is 11.3 Å². The fourth-order valence-electron chi connectivity index (χ4n) is 4.28. The molecule has 5 rings (SSSR count). The number of aromatic nitrogens is 6. The summed E-state index contributed by atoms with van der Waals surface area (Å²) >= 11 is 0. The summed E-state index contributed by atoms with van der Waals surface area (Å²) < 4.78 is 8.21. The Morgan fingerprint density at radius 3 is 2.71 bits per heavy atom. The molecule has 10 nitrogen and oxygen atoms in total. The van der Waals surface area contributed by atoms with Gasteiger partial charge in [-0.2, -0.15) is 4.98 Å². The summed E-state index contributed by atoms with van der Waals surface area (Å²) in [5.41, 5.74) is 7.65. The van der Waals surface area contributed by atoms with Crippen LogP contribution in [0.5, 0.6) is 5.88 Å². The number of carbonyl (C=O) groups excluding carboxylic acids is 1. The van der Waals surface area contributed by atoms with Crippen molar-refractivity contribution in [3.05, 3.63) is 24.5 Å². The van der Waals surface area contributed by atoms with Gasteiger partial charge < -0.3 is 19.9 Å². The second-order valence-corrected chi connectivity index (χ2v) is 8.34. The Balaban J connectivity index is 1.41. The lowest BCUT2D eigenvalue weighted by Crippen LogP contribution is -2.59. The zero-order valence-electron chi connectivity index (χ0n) is 17.8. The van der Waals surface area contributed by atoms with E-state index in [1.807, 2.05) is 23.3 Å². The predicted molar refractivity (Wildman–Crippen MR) is 113 cm³/mol. The predicted octanol–water partition coefficient (Wildman–Crippen LogP) is 1.47. The SMILES string of the molecule is CCn1c(-c2cnc(C)nc2)nc2c(O[C@H]3CCN(C(=O)C4(N)CCC4)C3)ncnc21. The Labute approximate surface area is 179 Å². The maximum absolute atomic E-state index is 12.7. The summed E-state index contributed by atoms with van der Waals surface area (Å²) in [6.45, 7) is 5.71. The van der Waals surface area contributed by atoms with Crippen molar-refractivity contribution in [2.24, 2.45) is 5.73 Å². The van der Waals surface area contributed by atoms with E-state index >= 15 is 0 Å². The van der Waals surface area contributed by atoms with E-state index in [0.717, 1.165) is 37.1 Å². The minimum Gasteiger partial charge on any atom is -0.471 e. The number of nitrogens with two attached hydrogens (primary N) is 1. The fraction of sp³-hybridized carbons (Fsp3) is 0.524. The van der Waals surface area contributed by atoms with Crippen molar-refractivity contribution in [2.75, 3.05) is 13.1 Å². The summed E-state index contributed by atoms with van der Waals surface area (Å²) in [5.74, 6) is 1.89. The molecule has 2 N–H and O–H groups in total. The number of rotatable bonds is 5. The quantitative estimate of drug-likeness (QED) is 0.655. The standard InChI is InChI=1S/C21H26N8O2/c1-3-29-17(14-9-23-13(2)24-10-14)27-16-18(29)25-12-26-19(16)31-15-5-8-28(11-15)20(30)21(22)6-4-7-21/h9-10,12,15H,3-8,11,22H2,1-2H3/t15-/m0/s1. The van der Waals surface area contributed by atoms with Gasteiger partial charge in [-0.1, -0.05) is 0 Å². The van der Waals surface area contributed by atoms with Gasteiger partial charge in [0.05, 0.1) is 17.6 Å². The Morgan fingerprint density at radius 2 is 2.03 bits per heavy atom. The Morgan fingerprint density at radius 1 is 1.26 bits per heavy atom. The maximum Gasteiger partial charge on any atom is 0.245 e. The number of hydrogen-bond donors (Lipinski definition) is 1. The van der Waals surface area contributed by atoms with Gasteiger partial charge in [-0.25, -0.2) is 19.9 Å². The first-order valence-corrected chi connectivity index (χ1v) is 10.7. The Bertz CT molecular complexity index is 1120. The smallest absolute Gasteiger partial charge is 0.245 e. The van der Waals surface area contributed by atoms with E-state index in [9.17, 15) is 4.79 Å². The molecule has 31 heavy (non-hydrogen) atoms. The molecule has 2 fully saturated rings. The molecule has 0 bridgehead atoms. The van der Waals surface area contributed by atoms with E-state index in [4.69, 9.17) is 15.5 Å². The molecule has 10 heteroatoms. The molecule has 4 heterocycles. The van der Waals surface area contributed by atoms with Crippen LogP contribution in [0.25, 0.3) is 22.6 Å². The van der Waals surface area contributed by atoms with E-state index < -0.39 is 5.54 Å². The normalized spacial score (nSPS) is 20.1. The first-order valence-electron chi connectivity index (χ1n) is 10.7. The van der Waals surface area contributed by atoms with Crippen LogP contribution in [0.15, 0.2) is 18.7 Å². The van der Waals surface area contributed by atoms with Crippen LogP contribution >= 0.6 is 0 Å². The molecular formula is C21H26N8O2. The average molecular weight is 422 g/mol. The van der Waals surface area contributed by atoms with Crippen molar-refractivity contribution in [3.63, 3.8) is 0 Å². The van der Waals surface area contributed by atoms with Crippen LogP contribution in [0.4, 0.5) is 0 Å². The number of imidazole rings is 1. The van der Waals surface area contributed by atoms with Gasteiger partial charge in [0, 0.05) is 31.9 Å². The van der Waals surface area contributed by atoms with Crippen molar-refractivity contribution < 1.29 is 9.53 Å². The molecule has 1 atom stereocenters. The molecule has 1 saturated heterocycles. The zero-order chi connectivity index (χ0) is 21.6. The lowest BCUT2D eigenvalue weighted by Gasteiger charge is -2.39. The van der Waals surface area contributed by atoms with E-state index in [2.05, 4.69) is 19.9 Å². The fourth-order valence-corrected chi connectivity index (χ4v) is 4.28. The monoisotopic (exact) mass is 422 g/mol. The number of likely N-dealkylation sites (tertiary alicyclic amines) is 1. The average Bonchev–Trinajstić information content (AvgIpc) is 3.37. The number of ether oxygens (including phenoxy) is 1. The van der Waals surface area contributed by atoms with Crippen molar-refractivity contribution in [1.82, 2.24) is 34.4 Å². The molecule has 0 unspecified atom stereocenters. The van der Waals surface area contributed by atoms with Gasteiger partial charge in [0.1, 0.15) is 24.1 Å². The molecule has 0 spiro atoms. The third-order valence-corrected chi connectivity index (χ3v) is 6.24. The molecule has 1 saturated carbocycles. The van der Waals surface area contributed by atoms with Gasteiger partial charge in [-0.05, 0) is 33.1 Å². The van der Waals surface area contributed by atoms with Gasteiger partial charge in [-0.15, -0.1) is 0 Å². The number of carbonyl (C=O) groups is 1. The highest BCUT2D eigenvalue weighted by atomic mass is 16.5. The summed E-state index contributed by atoms with van der Waals surface area (Å²) in [7, 11) is 0. The van der Waals surface area contributed by atoms with Crippen molar-refractivity contribution in [1.29, 1.82) is 0 Å². The number of aryl methyl sites for hydroxylation is 2. The maximum atomic E-state index is 12.7. The molecule has 1 aliphatic heterocycles. The van der Waals surface area contributed by atoms with Gasteiger partial charge in [0.15, 0.2) is 11.2 Å². The Hall–Kier alpha value is -3.14. The molecule has 0 aromatic carbocycles. The third-order valence-electron chi connectivity index (χ3n) is 6.24. The molecule has 1 amide bonds. The second kappa shape index (κ2) is 7.52. The highest BCUT2D eigenvalue weighted by molar-refractivity contribution is 5.87. The summed E-state index contributed by atoms with van der Waals surface area (Å²) in [6.07, 6.45) is 8.14. The summed E-state index contributed by atoms with van der Waals surface area (Å²) in [5, 5.41) is 0. The highest BCUT2D eigenvalue weighted by Crippen LogP contribution is 2.33. The van der Waals surface area contributed by atoms with Crippen molar-refractivity contribution >= 4 is 17.1 Å².